The number of para-hydroxylation sites is 1. The number of hydrogen-bond acceptors (Lipinski definition) is 4. The van der Waals surface area contributed by atoms with E-state index in [1.807, 2.05) is 0 Å². The van der Waals surface area contributed by atoms with Gasteiger partial charge in [0.2, 0.25) is 0 Å². The Morgan fingerprint density at radius 2 is 1.87 bits per heavy atom. The molecule has 0 unspecified atom stereocenters. The summed E-state index contributed by atoms with van der Waals surface area (Å²) in [5, 5.41) is 0. The molecule has 78 valence electrons. The van der Waals surface area contributed by atoms with Gasteiger partial charge < -0.3 is 6.16 Å². The molecule has 0 heterocycles. The Balaban J connectivity index is 0. The zero-order valence-electron chi connectivity index (χ0n) is 9.85. The molecule has 1 rings (SSSR count). The van der Waals surface area contributed by atoms with Crippen molar-refractivity contribution in [3.63, 3.8) is 0 Å². The van der Waals surface area contributed by atoms with Crippen LogP contribution in [0, 0.1) is 0 Å². The van der Waals surface area contributed by atoms with Crippen molar-refractivity contribution in [1.82, 2.24) is 0 Å². The first-order valence-corrected chi connectivity index (χ1v) is 5.78. The fourth-order valence-corrected chi connectivity index (χ4v) is 1.80. The van der Waals surface area contributed by atoms with Gasteiger partial charge in [0.15, 0.2) is 9.84 Å². The van der Waals surface area contributed by atoms with E-state index in [9.17, 15) is 13.2 Å². The summed E-state index contributed by atoms with van der Waals surface area (Å²) in [7, 11) is -3.36. The van der Waals surface area contributed by atoms with Gasteiger partial charge >= 0.3 is 35.5 Å². The van der Waals surface area contributed by atoms with E-state index in [0.717, 1.165) is 6.26 Å². The summed E-state index contributed by atoms with van der Waals surface area (Å²) in [6.07, 6.45) is 1.06. The summed E-state index contributed by atoms with van der Waals surface area (Å²) in [5.41, 5.74) is 0. The maximum absolute atomic E-state index is 11.2. The number of esters is 1. The van der Waals surface area contributed by atoms with Crippen LogP contribution >= 0.6 is 0 Å². The fraction of sp³-hybridized carbons (Fsp3) is 0.222. The number of sulfone groups is 1. The Kier molecular flexibility index (Phi) is 5.51. The Bertz CT molecular complexity index is 458. The molecule has 0 aliphatic rings. The van der Waals surface area contributed by atoms with Gasteiger partial charge in [0.1, 0.15) is 10.6 Å². The van der Waals surface area contributed by atoms with Gasteiger partial charge in [0.25, 0.3) is 0 Å². The van der Waals surface area contributed by atoms with Crippen LogP contribution in [0.4, 0.5) is 0 Å². The predicted octanol–water partition coefficient (Wildman–Crippen LogP) is -1.87. The van der Waals surface area contributed by atoms with Crippen molar-refractivity contribution in [1.29, 1.82) is 0 Å². The zero-order chi connectivity index (χ0) is 10.8. The van der Waals surface area contributed by atoms with E-state index < -0.39 is 15.8 Å². The van der Waals surface area contributed by atoms with Crippen molar-refractivity contribution in [3.05, 3.63) is 24.3 Å². The van der Waals surface area contributed by atoms with Crippen LogP contribution in [-0.2, 0) is 14.6 Å². The topological polar surface area (TPSA) is 60.4 Å². The molecule has 0 saturated carbocycles. The molecule has 4 nitrogen and oxygen atoms in total. The van der Waals surface area contributed by atoms with E-state index >= 15 is 0 Å². The molecular formula is C9H11NaO4S. The minimum Gasteiger partial charge on any atom is -1.00 e. The first kappa shape index (κ1) is 14.6. The van der Waals surface area contributed by atoms with E-state index in [1.165, 1.54) is 19.1 Å². The predicted molar refractivity (Wildman–Crippen MR) is 52.0 cm³/mol. The third-order valence-electron chi connectivity index (χ3n) is 1.50. The molecule has 0 N–H and O–H groups in total. The molecule has 0 atom stereocenters. The molecule has 0 saturated heterocycles. The minimum atomic E-state index is -3.36. The molecule has 0 aliphatic carbocycles. The number of benzene rings is 1. The van der Waals surface area contributed by atoms with Gasteiger partial charge in [-0.15, -0.1) is 0 Å². The van der Waals surface area contributed by atoms with Crippen LogP contribution in [0.3, 0.4) is 0 Å². The summed E-state index contributed by atoms with van der Waals surface area (Å²) >= 11 is 0. The van der Waals surface area contributed by atoms with Crippen LogP contribution in [0.5, 0.6) is 5.75 Å². The van der Waals surface area contributed by atoms with Gasteiger partial charge in [0.05, 0.1) is 0 Å². The molecule has 0 bridgehead atoms. The quantitative estimate of drug-likeness (QED) is 0.344. The van der Waals surface area contributed by atoms with Crippen LogP contribution in [0.15, 0.2) is 29.2 Å². The fourth-order valence-electron chi connectivity index (χ4n) is 0.996. The average molecular weight is 238 g/mol. The smallest absolute Gasteiger partial charge is 1.00 e. The van der Waals surface area contributed by atoms with E-state index in [2.05, 4.69) is 0 Å². The number of carbonyl (C=O) groups excluding carboxylic acids is 1. The summed E-state index contributed by atoms with van der Waals surface area (Å²) in [4.78, 5) is 10.7. The SMILES string of the molecule is CC(=O)Oc1ccccc1S(C)(=O)=O.[H-].[Na+]. The molecule has 0 radical (unpaired) electrons. The molecule has 0 fully saturated rings. The number of ether oxygens (including phenoxy) is 1. The molecular weight excluding hydrogens is 227 g/mol. The molecule has 1 aromatic rings. The van der Waals surface area contributed by atoms with Crippen molar-refractivity contribution in [2.24, 2.45) is 0 Å². The summed E-state index contributed by atoms with van der Waals surface area (Å²) < 4.78 is 27.2. The second kappa shape index (κ2) is 5.65. The Morgan fingerprint density at radius 1 is 1.33 bits per heavy atom. The molecule has 6 heteroatoms. The average Bonchev–Trinajstić information content (AvgIpc) is 2.01. The first-order valence-electron chi connectivity index (χ1n) is 3.89. The minimum absolute atomic E-state index is 0. The molecule has 0 aromatic heterocycles. The number of rotatable bonds is 2. The molecule has 0 aliphatic heterocycles. The van der Waals surface area contributed by atoms with Crippen molar-refractivity contribution in [3.8, 4) is 5.75 Å². The van der Waals surface area contributed by atoms with Gasteiger partial charge in [-0.05, 0) is 12.1 Å². The normalized spacial score (nSPS) is 10.3. The van der Waals surface area contributed by atoms with E-state index in [0.29, 0.717) is 0 Å². The van der Waals surface area contributed by atoms with Crippen LogP contribution in [-0.4, -0.2) is 20.6 Å². The largest absolute Gasteiger partial charge is 1.00 e. The standard InChI is InChI=1S/C9H10O4S.Na.H/c1-7(10)13-8-5-3-4-6-9(8)14(2,11)12;;/h3-6H,1-2H3;;/q;+1;-1. The van der Waals surface area contributed by atoms with E-state index in [4.69, 9.17) is 4.74 Å². The van der Waals surface area contributed by atoms with Crippen molar-refractivity contribution in [2.75, 3.05) is 6.26 Å². The number of carbonyl (C=O) groups is 1. The monoisotopic (exact) mass is 238 g/mol. The zero-order valence-corrected chi connectivity index (χ0v) is 11.7. The Labute approximate surface area is 112 Å². The van der Waals surface area contributed by atoms with Gasteiger partial charge in [-0.3, -0.25) is 4.79 Å². The summed E-state index contributed by atoms with van der Waals surface area (Å²) in [6.45, 7) is 1.22. The van der Waals surface area contributed by atoms with Crippen molar-refractivity contribution >= 4 is 15.8 Å². The van der Waals surface area contributed by atoms with Gasteiger partial charge in [0, 0.05) is 13.2 Å². The van der Waals surface area contributed by atoms with Crippen LogP contribution in [0.2, 0.25) is 0 Å². The third kappa shape index (κ3) is 4.34. The second-order valence-electron chi connectivity index (χ2n) is 2.81. The van der Waals surface area contributed by atoms with Crippen molar-refractivity contribution in [2.45, 2.75) is 11.8 Å². The maximum atomic E-state index is 11.2. The maximum Gasteiger partial charge on any atom is 1.00 e. The van der Waals surface area contributed by atoms with Gasteiger partial charge in [-0.25, -0.2) is 8.42 Å². The Hall–Kier alpha value is -0.360. The van der Waals surface area contributed by atoms with Crippen LogP contribution in [0.25, 0.3) is 0 Å². The molecule has 1 aromatic carbocycles. The summed E-state index contributed by atoms with van der Waals surface area (Å²) in [6, 6.07) is 6.02. The summed E-state index contributed by atoms with van der Waals surface area (Å²) in [5.74, 6) is -0.469. The molecule has 15 heavy (non-hydrogen) atoms. The molecule has 0 amide bonds. The second-order valence-corrected chi connectivity index (χ2v) is 4.80. The van der Waals surface area contributed by atoms with Gasteiger partial charge in [-0.1, -0.05) is 12.1 Å². The molecule has 0 spiro atoms. The van der Waals surface area contributed by atoms with Gasteiger partial charge in [-0.2, -0.15) is 0 Å². The van der Waals surface area contributed by atoms with E-state index in [1.54, 1.807) is 12.1 Å². The Morgan fingerprint density at radius 3 is 2.33 bits per heavy atom. The van der Waals surface area contributed by atoms with E-state index in [-0.39, 0.29) is 41.6 Å². The number of hydrogen-bond donors (Lipinski definition) is 0. The van der Waals surface area contributed by atoms with Crippen molar-refractivity contribution < 1.29 is 48.9 Å². The third-order valence-corrected chi connectivity index (χ3v) is 2.64. The van der Waals surface area contributed by atoms with Crippen LogP contribution in [0.1, 0.15) is 8.35 Å². The first-order chi connectivity index (χ1) is 6.41. The van der Waals surface area contributed by atoms with Crippen LogP contribution < -0.4 is 34.3 Å².